The molecule has 4 nitrogen and oxygen atoms in total. The third-order valence-electron chi connectivity index (χ3n) is 5.39. The first-order chi connectivity index (χ1) is 14.6. The highest BCUT2D eigenvalue weighted by Crippen LogP contribution is 2.47. The lowest BCUT2D eigenvalue weighted by Gasteiger charge is -2.26. The molecule has 1 aliphatic heterocycles. The maximum atomic E-state index is 12.8. The number of carbonyl (C=O) groups is 1. The molecule has 2 atom stereocenters. The van der Waals surface area contributed by atoms with Gasteiger partial charge in [0.15, 0.2) is 11.5 Å². The van der Waals surface area contributed by atoms with Crippen molar-refractivity contribution in [2.24, 2.45) is 0 Å². The molecule has 2 unspecified atom stereocenters. The third kappa shape index (κ3) is 4.17. The van der Waals surface area contributed by atoms with Crippen LogP contribution >= 0.6 is 11.8 Å². The molecule has 1 aliphatic rings. The number of hydrogen-bond donors (Lipinski definition) is 1. The molecule has 0 saturated carbocycles. The zero-order chi connectivity index (χ0) is 21.1. The summed E-state index contributed by atoms with van der Waals surface area (Å²) in [5.74, 6) is 1.29. The molecule has 0 saturated heterocycles. The van der Waals surface area contributed by atoms with Gasteiger partial charge < -0.3 is 14.8 Å². The summed E-state index contributed by atoms with van der Waals surface area (Å²) in [5.41, 5.74) is 4.21. The molecule has 3 aromatic carbocycles. The van der Waals surface area contributed by atoms with Crippen molar-refractivity contribution < 1.29 is 14.3 Å². The van der Waals surface area contributed by atoms with Gasteiger partial charge in [0.1, 0.15) is 0 Å². The van der Waals surface area contributed by atoms with Crippen LogP contribution < -0.4 is 14.8 Å². The van der Waals surface area contributed by atoms with E-state index in [1.165, 1.54) is 11.1 Å². The predicted molar refractivity (Wildman–Crippen MR) is 122 cm³/mol. The van der Waals surface area contributed by atoms with E-state index in [1.807, 2.05) is 30.3 Å². The Morgan fingerprint density at radius 2 is 1.60 bits per heavy atom. The van der Waals surface area contributed by atoms with Gasteiger partial charge in [-0.1, -0.05) is 48.0 Å². The van der Waals surface area contributed by atoms with Crippen LogP contribution in [-0.2, 0) is 4.79 Å². The molecule has 4 rings (SSSR count). The lowest BCUT2D eigenvalue weighted by Crippen LogP contribution is -2.19. The molecule has 1 N–H and O–H groups in total. The van der Waals surface area contributed by atoms with Gasteiger partial charge in [0.25, 0.3) is 0 Å². The number of aryl methyl sites for hydroxylation is 1. The number of anilines is 1. The number of amides is 1. The standard InChI is InChI=1S/C25H25NO3S/c1-16-9-11-18(12-10-16)30-23-15-24(27)26-20-14-22(29-3)21(28-2)13-19(20)25(23)17-7-5-4-6-8-17/h4-14,23,25H,15H2,1-3H3,(H,26,27). The van der Waals surface area contributed by atoms with Crippen molar-refractivity contribution in [1.29, 1.82) is 0 Å². The summed E-state index contributed by atoms with van der Waals surface area (Å²) in [4.78, 5) is 14.0. The number of carbonyl (C=O) groups excluding carboxylic acids is 1. The summed E-state index contributed by atoms with van der Waals surface area (Å²) < 4.78 is 11.0. The fraction of sp³-hybridized carbons (Fsp3) is 0.240. The highest BCUT2D eigenvalue weighted by molar-refractivity contribution is 8.00. The van der Waals surface area contributed by atoms with Crippen molar-refractivity contribution in [3.8, 4) is 11.5 Å². The van der Waals surface area contributed by atoms with Gasteiger partial charge in [0.2, 0.25) is 5.91 Å². The van der Waals surface area contributed by atoms with Crippen molar-refractivity contribution in [3.05, 3.63) is 83.4 Å². The summed E-state index contributed by atoms with van der Waals surface area (Å²) in [5, 5.41) is 3.12. The van der Waals surface area contributed by atoms with Gasteiger partial charge in [0, 0.05) is 34.2 Å². The van der Waals surface area contributed by atoms with Crippen molar-refractivity contribution in [1.82, 2.24) is 0 Å². The fourth-order valence-electron chi connectivity index (χ4n) is 3.92. The Kier molecular flexibility index (Phi) is 6.00. The number of methoxy groups -OCH3 is 2. The summed E-state index contributed by atoms with van der Waals surface area (Å²) in [6.45, 7) is 2.08. The SMILES string of the molecule is COc1cc2c(cc1OC)C(c1ccccc1)C(Sc1ccc(C)cc1)CC(=O)N2. The Morgan fingerprint density at radius 1 is 0.933 bits per heavy atom. The van der Waals surface area contributed by atoms with E-state index in [-0.39, 0.29) is 17.1 Å². The molecule has 0 spiro atoms. The minimum Gasteiger partial charge on any atom is -0.493 e. The van der Waals surface area contributed by atoms with Crippen LogP contribution in [0.3, 0.4) is 0 Å². The average Bonchev–Trinajstić information content (AvgIpc) is 2.89. The molecule has 1 heterocycles. The second-order valence-electron chi connectivity index (χ2n) is 7.40. The molecular weight excluding hydrogens is 394 g/mol. The Hall–Kier alpha value is -2.92. The summed E-state index contributed by atoms with van der Waals surface area (Å²) >= 11 is 1.75. The minimum absolute atomic E-state index is 0.00603. The topological polar surface area (TPSA) is 47.6 Å². The molecule has 0 aromatic heterocycles. The van der Waals surface area contributed by atoms with Crippen LogP contribution in [0, 0.1) is 6.92 Å². The van der Waals surface area contributed by atoms with Crippen LogP contribution in [0.1, 0.15) is 29.0 Å². The molecule has 30 heavy (non-hydrogen) atoms. The molecule has 3 aromatic rings. The van der Waals surface area contributed by atoms with Gasteiger partial charge in [-0.25, -0.2) is 0 Å². The summed E-state index contributed by atoms with van der Waals surface area (Å²) in [6.07, 6.45) is 0.414. The first-order valence-electron chi connectivity index (χ1n) is 9.93. The molecule has 0 bridgehead atoms. The van der Waals surface area contributed by atoms with Crippen LogP contribution in [0.25, 0.3) is 0 Å². The second-order valence-corrected chi connectivity index (χ2v) is 8.72. The quantitative estimate of drug-likeness (QED) is 0.581. The molecule has 5 heteroatoms. The van der Waals surface area contributed by atoms with E-state index in [0.717, 1.165) is 16.1 Å². The number of fused-ring (bicyclic) bond motifs is 1. The van der Waals surface area contributed by atoms with Crippen molar-refractivity contribution >= 4 is 23.4 Å². The van der Waals surface area contributed by atoms with E-state index in [2.05, 4.69) is 48.6 Å². The third-order valence-corrected chi connectivity index (χ3v) is 6.68. The molecule has 0 fully saturated rings. The fourth-order valence-corrected chi connectivity index (χ4v) is 5.24. The van der Waals surface area contributed by atoms with Crippen molar-refractivity contribution in [2.75, 3.05) is 19.5 Å². The largest absolute Gasteiger partial charge is 0.493 e. The highest BCUT2D eigenvalue weighted by atomic mass is 32.2. The van der Waals surface area contributed by atoms with Gasteiger partial charge in [-0.3, -0.25) is 4.79 Å². The van der Waals surface area contributed by atoms with Crippen molar-refractivity contribution in [3.63, 3.8) is 0 Å². The predicted octanol–water partition coefficient (Wildman–Crippen LogP) is 5.65. The highest BCUT2D eigenvalue weighted by Gasteiger charge is 2.34. The Labute approximate surface area is 181 Å². The number of thioether (sulfide) groups is 1. The maximum absolute atomic E-state index is 12.8. The molecule has 154 valence electrons. The van der Waals surface area contributed by atoms with E-state index in [0.29, 0.717) is 17.9 Å². The second kappa shape index (κ2) is 8.84. The maximum Gasteiger partial charge on any atom is 0.225 e. The van der Waals surface area contributed by atoms with Crippen molar-refractivity contribution in [2.45, 2.75) is 29.4 Å². The smallest absolute Gasteiger partial charge is 0.225 e. The molecule has 0 aliphatic carbocycles. The Bertz CT molecular complexity index is 1030. The number of hydrogen-bond acceptors (Lipinski definition) is 4. The zero-order valence-electron chi connectivity index (χ0n) is 17.3. The monoisotopic (exact) mass is 419 g/mol. The van der Waals surface area contributed by atoms with Gasteiger partial charge in [-0.2, -0.15) is 0 Å². The average molecular weight is 420 g/mol. The van der Waals surface area contributed by atoms with Gasteiger partial charge in [-0.15, -0.1) is 11.8 Å². The number of benzene rings is 3. The van der Waals surface area contributed by atoms with E-state index in [1.54, 1.807) is 26.0 Å². The van der Waals surface area contributed by atoms with E-state index >= 15 is 0 Å². The number of ether oxygens (including phenoxy) is 2. The number of nitrogens with one attached hydrogen (secondary N) is 1. The van der Waals surface area contributed by atoms with E-state index < -0.39 is 0 Å². The zero-order valence-corrected chi connectivity index (χ0v) is 18.2. The minimum atomic E-state index is 0.00603. The van der Waals surface area contributed by atoms with E-state index in [9.17, 15) is 4.79 Å². The Morgan fingerprint density at radius 3 is 2.27 bits per heavy atom. The van der Waals surface area contributed by atoms with Crippen LogP contribution in [0.4, 0.5) is 5.69 Å². The van der Waals surface area contributed by atoms with Crippen LogP contribution in [0.5, 0.6) is 11.5 Å². The number of rotatable bonds is 5. The van der Waals surface area contributed by atoms with Gasteiger partial charge >= 0.3 is 0 Å². The molecule has 1 amide bonds. The first-order valence-corrected chi connectivity index (χ1v) is 10.8. The lowest BCUT2D eigenvalue weighted by atomic mass is 9.86. The Balaban J connectivity index is 1.85. The van der Waals surface area contributed by atoms with Crippen LogP contribution in [0.15, 0.2) is 71.6 Å². The first kappa shape index (κ1) is 20.4. The molecular formula is C25H25NO3S. The summed E-state index contributed by atoms with van der Waals surface area (Å²) in [7, 11) is 3.24. The normalized spacial score (nSPS) is 18.2. The lowest BCUT2D eigenvalue weighted by molar-refractivity contribution is -0.116. The van der Waals surface area contributed by atoms with Gasteiger partial charge in [-0.05, 0) is 36.2 Å². The van der Waals surface area contributed by atoms with Crippen LogP contribution in [-0.4, -0.2) is 25.4 Å². The van der Waals surface area contributed by atoms with E-state index in [4.69, 9.17) is 9.47 Å². The summed E-state index contributed by atoms with van der Waals surface area (Å²) in [6, 6.07) is 22.7. The van der Waals surface area contributed by atoms with Gasteiger partial charge in [0.05, 0.1) is 14.2 Å². The van der Waals surface area contributed by atoms with Crippen LogP contribution in [0.2, 0.25) is 0 Å². The molecule has 0 radical (unpaired) electrons.